The van der Waals surface area contributed by atoms with Gasteiger partial charge in [-0.15, -0.1) is 0 Å². The van der Waals surface area contributed by atoms with Crippen LogP contribution in [0.25, 0.3) is 0 Å². The van der Waals surface area contributed by atoms with Crippen molar-refractivity contribution >= 4 is 23.3 Å². The molecular formula is C25H35ClFNO3. The van der Waals surface area contributed by atoms with Crippen molar-refractivity contribution in [3.63, 3.8) is 0 Å². The smallest absolute Gasteiger partial charge is 0.311 e. The summed E-state index contributed by atoms with van der Waals surface area (Å²) in [4.78, 5) is 14.2. The first-order chi connectivity index (χ1) is 14.8. The quantitative estimate of drug-likeness (QED) is 0.460. The molecule has 0 amide bonds. The summed E-state index contributed by atoms with van der Waals surface area (Å²) >= 11 is 6.52. The zero-order chi connectivity index (χ0) is 22.2. The van der Waals surface area contributed by atoms with Crippen molar-refractivity contribution in [3.8, 4) is 5.75 Å². The van der Waals surface area contributed by atoms with Crippen molar-refractivity contribution in [2.45, 2.75) is 71.3 Å². The lowest BCUT2D eigenvalue weighted by molar-refractivity contribution is -0.148. The molecule has 5 atom stereocenters. The van der Waals surface area contributed by atoms with E-state index in [0.717, 1.165) is 31.1 Å². The molecule has 0 aromatic heterocycles. The summed E-state index contributed by atoms with van der Waals surface area (Å²) in [6.45, 7) is 5.03. The summed E-state index contributed by atoms with van der Waals surface area (Å²) in [6.07, 6.45) is 8.93. The molecule has 172 valence electrons. The average molecular weight is 452 g/mol. The van der Waals surface area contributed by atoms with E-state index in [0.29, 0.717) is 29.7 Å². The van der Waals surface area contributed by atoms with E-state index in [2.05, 4.69) is 6.92 Å². The number of hydrogen-bond acceptors (Lipinski definition) is 4. The van der Waals surface area contributed by atoms with Crippen LogP contribution in [0.4, 0.5) is 10.1 Å². The molecule has 2 bridgehead atoms. The van der Waals surface area contributed by atoms with Gasteiger partial charge >= 0.3 is 5.97 Å². The van der Waals surface area contributed by atoms with Crippen LogP contribution in [0.1, 0.15) is 65.2 Å². The number of carbonyl (C=O) groups excluding carboxylic acids is 1. The lowest BCUT2D eigenvalue weighted by Gasteiger charge is -2.37. The molecule has 0 N–H and O–H groups in total. The van der Waals surface area contributed by atoms with E-state index in [4.69, 9.17) is 21.1 Å². The third-order valence-electron chi connectivity index (χ3n) is 7.74. The highest BCUT2D eigenvalue weighted by Crippen LogP contribution is 2.50. The van der Waals surface area contributed by atoms with Crippen LogP contribution in [0.15, 0.2) is 12.1 Å². The first-order valence-corrected chi connectivity index (χ1v) is 12.2. The Labute approximate surface area is 190 Å². The third-order valence-corrected chi connectivity index (χ3v) is 8.03. The van der Waals surface area contributed by atoms with E-state index in [1.54, 1.807) is 6.07 Å². The highest BCUT2D eigenvalue weighted by Gasteiger charge is 2.42. The van der Waals surface area contributed by atoms with Gasteiger partial charge in [0.15, 0.2) is 0 Å². The standard InChI is InChI=1S/C25H35ClFNO3/c1-4-30-24(29)18-6-5-7-21(18)28(3)22-11-19(26)23(12-20(22)27)31-15-25(2)13-16-8-9-17(10-16)14-25/h11-12,16-18,21H,4-10,13-15H2,1-3H3/t16-,17+,18?,21?,25?. The largest absolute Gasteiger partial charge is 0.491 e. The average Bonchev–Trinajstić information content (AvgIpc) is 3.35. The Morgan fingerprint density at radius 3 is 2.61 bits per heavy atom. The molecule has 0 heterocycles. The Hall–Kier alpha value is -1.49. The summed E-state index contributed by atoms with van der Waals surface area (Å²) in [5.74, 6) is 1.23. The minimum absolute atomic E-state index is 0.0898. The number of hydrogen-bond donors (Lipinski definition) is 0. The number of esters is 1. The van der Waals surface area contributed by atoms with Crippen molar-refractivity contribution in [2.75, 3.05) is 25.2 Å². The molecule has 4 rings (SSSR count). The van der Waals surface area contributed by atoms with Crippen LogP contribution in [0.2, 0.25) is 5.02 Å². The van der Waals surface area contributed by atoms with Gasteiger partial charge in [0.05, 0.1) is 29.8 Å². The third kappa shape index (κ3) is 4.81. The molecule has 3 aliphatic rings. The van der Waals surface area contributed by atoms with Crippen LogP contribution in [0, 0.1) is 29.0 Å². The molecule has 3 aliphatic carbocycles. The molecule has 0 aliphatic heterocycles. The fraction of sp³-hybridized carbons (Fsp3) is 0.720. The maximum atomic E-state index is 15.1. The minimum atomic E-state index is -0.370. The molecule has 1 aromatic carbocycles. The van der Waals surface area contributed by atoms with Gasteiger partial charge in [0, 0.05) is 24.6 Å². The molecule has 6 heteroatoms. The summed E-state index contributed by atoms with van der Waals surface area (Å²) in [7, 11) is 1.83. The van der Waals surface area contributed by atoms with E-state index < -0.39 is 0 Å². The number of ether oxygens (including phenoxy) is 2. The Morgan fingerprint density at radius 2 is 1.94 bits per heavy atom. The second-order valence-corrected chi connectivity index (χ2v) is 10.7. The fourth-order valence-corrected chi connectivity index (χ4v) is 6.61. The Balaban J connectivity index is 1.45. The number of rotatable bonds is 7. The second-order valence-electron chi connectivity index (χ2n) is 10.3. The SMILES string of the molecule is CCOC(=O)C1CCCC1N(C)c1cc(Cl)c(OCC2(C)C[C@@H]3CC[C@@H](C3)C2)cc1F. The number of halogens is 2. The van der Waals surface area contributed by atoms with Crippen molar-refractivity contribution in [2.24, 2.45) is 23.2 Å². The molecule has 3 unspecified atom stereocenters. The predicted octanol–water partition coefficient (Wildman–Crippen LogP) is 6.24. The van der Waals surface area contributed by atoms with Gasteiger partial charge in [0.25, 0.3) is 0 Å². The number of nitrogens with zero attached hydrogens (tertiary/aromatic N) is 1. The van der Waals surface area contributed by atoms with Crippen LogP contribution < -0.4 is 9.64 Å². The van der Waals surface area contributed by atoms with E-state index in [1.165, 1.54) is 38.2 Å². The molecule has 0 spiro atoms. The van der Waals surface area contributed by atoms with Crippen molar-refractivity contribution < 1.29 is 18.7 Å². The molecular weight excluding hydrogens is 417 g/mol. The van der Waals surface area contributed by atoms with E-state index in [-0.39, 0.29) is 29.2 Å². The van der Waals surface area contributed by atoms with E-state index >= 15 is 4.39 Å². The zero-order valence-electron chi connectivity index (χ0n) is 19.0. The maximum Gasteiger partial charge on any atom is 0.311 e. The number of benzene rings is 1. The Bertz CT molecular complexity index is 804. The molecule has 3 fully saturated rings. The molecule has 31 heavy (non-hydrogen) atoms. The minimum Gasteiger partial charge on any atom is -0.491 e. The van der Waals surface area contributed by atoms with Gasteiger partial charge in [0.2, 0.25) is 0 Å². The normalized spacial score (nSPS) is 32.2. The first kappa shape index (κ1) is 22.7. The maximum absolute atomic E-state index is 15.1. The predicted molar refractivity (Wildman–Crippen MR) is 121 cm³/mol. The van der Waals surface area contributed by atoms with Crippen molar-refractivity contribution in [3.05, 3.63) is 23.0 Å². The fourth-order valence-electron chi connectivity index (χ4n) is 6.40. The van der Waals surface area contributed by atoms with Gasteiger partial charge < -0.3 is 14.4 Å². The highest BCUT2D eigenvalue weighted by atomic mass is 35.5. The molecule has 1 aromatic rings. The van der Waals surface area contributed by atoms with E-state index in [1.807, 2.05) is 18.9 Å². The number of carbonyl (C=O) groups is 1. The topological polar surface area (TPSA) is 38.8 Å². The summed E-state index contributed by atoms with van der Waals surface area (Å²) in [6, 6.07) is 2.95. The van der Waals surface area contributed by atoms with Gasteiger partial charge in [0.1, 0.15) is 11.6 Å². The molecule has 4 nitrogen and oxygen atoms in total. The van der Waals surface area contributed by atoms with Crippen LogP contribution in [0.5, 0.6) is 5.75 Å². The lowest BCUT2D eigenvalue weighted by Crippen LogP contribution is -2.39. The van der Waals surface area contributed by atoms with E-state index in [9.17, 15) is 4.79 Å². The number of anilines is 1. The summed E-state index contributed by atoms with van der Waals surface area (Å²) in [5.41, 5.74) is 0.538. The van der Waals surface area contributed by atoms with Gasteiger partial charge in [-0.1, -0.05) is 37.8 Å². The molecule has 3 saturated carbocycles. The number of fused-ring (bicyclic) bond motifs is 2. The summed E-state index contributed by atoms with van der Waals surface area (Å²) in [5, 5.41) is 0.413. The first-order valence-electron chi connectivity index (χ1n) is 11.8. The summed E-state index contributed by atoms with van der Waals surface area (Å²) < 4.78 is 26.4. The van der Waals surface area contributed by atoms with Crippen LogP contribution in [-0.2, 0) is 9.53 Å². The highest BCUT2D eigenvalue weighted by molar-refractivity contribution is 6.32. The van der Waals surface area contributed by atoms with Crippen LogP contribution in [-0.4, -0.2) is 32.3 Å². The van der Waals surface area contributed by atoms with Crippen molar-refractivity contribution in [1.82, 2.24) is 0 Å². The van der Waals surface area contributed by atoms with Crippen LogP contribution >= 0.6 is 11.6 Å². The monoisotopic (exact) mass is 451 g/mol. The lowest BCUT2D eigenvalue weighted by atomic mass is 9.71. The molecule has 0 radical (unpaired) electrons. The van der Waals surface area contributed by atoms with Gasteiger partial charge in [-0.25, -0.2) is 4.39 Å². The zero-order valence-corrected chi connectivity index (χ0v) is 19.7. The van der Waals surface area contributed by atoms with Gasteiger partial charge in [-0.3, -0.25) is 4.79 Å². The van der Waals surface area contributed by atoms with Crippen LogP contribution in [0.3, 0.4) is 0 Å². The molecule has 0 saturated heterocycles. The van der Waals surface area contributed by atoms with Gasteiger partial charge in [-0.05, 0) is 56.9 Å². The Kier molecular flexibility index (Phi) is 6.71. The second kappa shape index (κ2) is 9.17. The Morgan fingerprint density at radius 1 is 1.23 bits per heavy atom. The van der Waals surface area contributed by atoms with Crippen molar-refractivity contribution in [1.29, 1.82) is 0 Å². The van der Waals surface area contributed by atoms with Gasteiger partial charge in [-0.2, -0.15) is 0 Å².